The van der Waals surface area contributed by atoms with E-state index < -0.39 is 0 Å². The molecular weight excluding hydrogens is 847 g/mol. The number of fused-ring (bicyclic) bond motifs is 3. The number of ether oxygens (including phenoxy) is 7. The summed E-state index contributed by atoms with van der Waals surface area (Å²) in [5, 5.41) is 2.83. The Morgan fingerprint density at radius 1 is 0.582 bits per heavy atom. The Kier molecular flexibility index (Phi) is 18.7. The third-order valence-corrected chi connectivity index (χ3v) is 13.0. The van der Waals surface area contributed by atoms with Gasteiger partial charge >= 0.3 is 11.9 Å². The number of pyridine rings is 1. The van der Waals surface area contributed by atoms with E-state index in [1.807, 2.05) is 60.7 Å². The summed E-state index contributed by atoms with van der Waals surface area (Å²) in [5.41, 5.74) is 0.760. The Hall–Kier alpha value is -6.10. The second-order valence-electron chi connectivity index (χ2n) is 18.1. The number of benzene rings is 4. The number of aromatic nitrogens is 1. The van der Waals surface area contributed by atoms with Gasteiger partial charge in [0.15, 0.2) is 0 Å². The van der Waals surface area contributed by atoms with Crippen LogP contribution in [-0.2, 0) is 19.1 Å². The van der Waals surface area contributed by atoms with E-state index in [0.717, 1.165) is 141 Å². The minimum atomic E-state index is -0.388. The second-order valence-corrected chi connectivity index (χ2v) is 18.1. The molecule has 356 valence electrons. The molecule has 67 heavy (non-hydrogen) atoms. The number of aldehydes is 1. The number of carbonyl (C=O) groups excluding carboxylic acids is 3. The topological polar surface area (TPSA) is 129 Å². The SMILES string of the molecule is C=CC(=O)OCCCCCCOc1ccc(OC(=O)C2CCC(COc3ccc4c(c3)nc(Oc3ccc(OCCCCCC)cc3)c3cc(OCC5CCC(C=O)CC5)ccc34)CC2)cc1. The standard InChI is InChI=1S/C56H67NO10/c1-3-5-6-9-32-61-44-20-24-46(25-21-44)66-55-52-35-48(64-38-41-14-12-40(37-58)13-15-41)28-30-50(52)51-31-29-49(36-53(51)57-55)65-39-42-16-18-43(19-17-42)56(60)67-47-26-22-45(23-27-47)62-33-10-7-8-11-34-63-54(59)4-2/h4,20-31,35-37,40-43H,2-3,5-19,32-34,38-39H2,1H3. The first-order chi connectivity index (χ1) is 32.9. The fourth-order valence-electron chi connectivity index (χ4n) is 8.90. The summed E-state index contributed by atoms with van der Waals surface area (Å²) in [6, 6.07) is 27.1. The van der Waals surface area contributed by atoms with E-state index >= 15 is 0 Å². The monoisotopic (exact) mass is 913 g/mol. The van der Waals surface area contributed by atoms with Crippen LogP contribution in [0.5, 0.6) is 40.4 Å². The summed E-state index contributed by atoms with van der Waals surface area (Å²) >= 11 is 0. The summed E-state index contributed by atoms with van der Waals surface area (Å²) in [7, 11) is 0. The van der Waals surface area contributed by atoms with Crippen molar-refractivity contribution in [2.45, 2.75) is 110 Å². The Balaban J connectivity index is 0.917. The average molecular weight is 914 g/mol. The average Bonchev–Trinajstić information content (AvgIpc) is 3.36. The van der Waals surface area contributed by atoms with E-state index in [1.54, 1.807) is 12.1 Å². The van der Waals surface area contributed by atoms with Crippen molar-refractivity contribution in [1.82, 2.24) is 4.98 Å². The molecule has 0 saturated heterocycles. The van der Waals surface area contributed by atoms with Gasteiger partial charge in [-0.25, -0.2) is 9.78 Å². The number of rotatable bonds is 26. The molecule has 0 aliphatic heterocycles. The third kappa shape index (κ3) is 14.9. The van der Waals surface area contributed by atoms with E-state index in [2.05, 4.69) is 25.6 Å². The number of esters is 2. The molecule has 1 heterocycles. The number of carbonyl (C=O) groups is 3. The largest absolute Gasteiger partial charge is 0.494 e. The Labute approximate surface area is 395 Å². The van der Waals surface area contributed by atoms with Crippen LogP contribution in [-0.4, -0.2) is 56.2 Å². The van der Waals surface area contributed by atoms with E-state index in [-0.39, 0.29) is 23.8 Å². The van der Waals surface area contributed by atoms with E-state index in [1.165, 1.54) is 18.9 Å². The first-order valence-corrected chi connectivity index (χ1v) is 24.6. The highest BCUT2D eigenvalue weighted by Crippen LogP contribution is 2.38. The first-order valence-electron chi connectivity index (χ1n) is 24.6. The lowest BCUT2D eigenvalue weighted by molar-refractivity contribution is -0.140. The van der Waals surface area contributed by atoms with Crippen molar-refractivity contribution >= 4 is 39.9 Å². The summed E-state index contributed by atoms with van der Waals surface area (Å²) in [5.74, 6) is 4.84. The molecule has 1 aromatic heterocycles. The quantitative estimate of drug-likeness (QED) is 0.0131. The molecule has 0 atom stereocenters. The molecular formula is C56H67NO10. The fraction of sp³-hybridized carbons (Fsp3) is 0.464. The smallest absolute Gasteiger partial charge is 0.330 e. The summed E-state index contributed by atoms with van der Waals surface area (Å²) in [6.45, 7) is 8.43. The van der Waals surface area contributed by atoms with Gasteiger partial charge < -0.3 is 38.0 Å². The molecule has 2 saturated carbocycles. The predicted molar refractivity (Wildman–Crippen MR) is 261 cm³/mol. The molecule has 2 aliphatic carbocycles. The second kappa shape index (κ2) is 25.7. The van der Waals surface area contributed by atoms with Gasteiger partial charge in [0.05, 0.1) is 44.5 Å². The zero-order chi connectivity index (χ0) is 46.6. The number of hydrogen-bond acceptors (Lipinski definition) is 11. The van der Waals surface area contributed by atoms with Crippen LogP contribution in [0.1, 0.15) is 110 Å². The molecule has 4 aromatic carbocycles. The van der Waals surface area contributed by atoms with Crippen LogP contribution in [0.25, 0.3) is 21.7 Å². The van der Waals surface area contributed by atoms with Crippen LogP contribution in [0.15, 0.2) is 97.6 Å². The molecule has 2 aliphatic rings. The lowest BCUT2D eigenvalue weighted by Gasteiger charge is -2.27. The lowest BCUT2D eigenvalue weighted by atomic mass is 9.82. The normalized spacial score (nSPS) is 18.2. The van der Waals surface area contributed by atoms with Gasteiger partial charge in [0.2, 0.25) is 5.88 Å². The van der Waals surface area contributed by atoms with Gasteiger partial charge in [-0.15, -0.1) is 0 Å². The van der Waals surface area contributed by atoms with E-state index in [9.17, 15) is 14.4 Å². The van der Waals surface area contributed by atoms with Crippen molar-refractivity contribution in [2.75, 3.05) is 33.0 Å². The first kappa shape index (κ1) is 48.8. The molecule has 0 N–H and O–H groups in total. The van der Waals surface area contributed by atoms with Gasteiger partial charge in [-0.05, 0) is 180 Å². The minimum Gasteiger partial charge on any atom is -0.494 e. The maximum atomic E-state index is 13.1. The van der Waals surface area contributed by atoms with Gasteiger partial charge in [0.1, 0.15) is 40.8 Å². The van der Waals surface area contributed by atoms with Crippen molar-refractivity contribution in [3.63, 3.8) is 0 Å². The predicted octanol–water partition coefficient (Wildman–Crippen LogP) is 13.0. The van der Waals surface area contributed by atoms with E-state index in [0.29, 0.717) is 62.2 Å². The molecule has 0 spiro atoms. The minimum absolute atomic E-state index is 0.155. The van der Waals surface area contributed by atoms with Crippen molar-refractivity contribution in [3.8, 4) is 40.4 Å². The van der Waals surface area contributed by atoms with Crippen molar-refractivity contribution in [3.05, 3.63) is 97.6 Å². The van der Waals surface area contributed by atoms with Gasteiger partial charge in [-0.1, -0.05) is 32.8 Å². The highest BCUT2D eigenvalue weighted by molar-refractivity contribution is 6.08. The zero-order valence-electron chi connectivity index (χ0n) is 39.1. The molecule has 2 fully saturated rings. The molecule has 7 rings (SSSR count). The van der Waals surface area contributed by atoms with Crippen molar-refractivity contribution < 1.29 is 47.5 Å². The van der Waals surface area contributed by atoms with Gasteiger partial charge in [-0.3, -0.25) is 4.79 Å². The molecule has 0 radical (unpaired) electrons. The van der Waals surface area contributed by atoms with Gasteiger partial charge in [-0.2, -0.15) is 0 Å². The highest BCUT2D eigenvalue weighted by atomic mass is 16.5. The number of unbranched alkanes of at least 4 members (excludes halogenated alkanes) is 6. The highest BCUT2D eigenvalue weighted by Gasteiger charge is 2.28. The molecule has 11 nitrogen and oxygen atoms in total. The van der Waals surface area contributed by atoms with Crippen LogP contribution in [0.3, 0.4) is 0 Å². The zero-order valence-corrected chi connectivity index (χ0v) is 39.1. The summed E-state index contributed by atoms with van der Waals surface area (Å²) < 4.78 is 41.9. The van der Waals surface area contributed by atoms with Gasteiger partial charge in [0, 0.05) is 28.8 Å². The Morgan fingerprint density at radius 2 is 1.12 bits per heavy atom. The summed E-state index contributed by atoms with van der Waals surface area (Å²) in [4.78, 5) is 40.6. The maximum absolute atomic E-state index is 13.1. The Morgan fingerprint density at radius 3 is 1.73 bits per heavy atom. The molecule has 0 unspecified atom stereocenters. The molecule has 0 bridgehead atoms. The number of nitrogens with zero attached hydrogens (tertiary/aromatic N) is 1. The summed E-state index contributed by atoms with van der Waals surface area (Å²) in [6.07, 6.45) is 17.6. The lowest BCUT2D eigenvalue weighted by Crippen LogP contribution is -2.27. The van der Waals surface area contributed by atoms with Crippen LogP contribution in [0.2, 0.25) is 0 Å². The van der Waals surface area contributed by atoms with Gasteiger partial charge in [0.25, 0.3) is 0 Å². The van der Waals surface area contributed by atoms with Crippen LogP contribution in [0, 0.1) is 23.7 Å². The van der Waals surface area contributed by atoms with Crippen molar-refractivity contribution in [1.29, 1.82) is 0 Å². The Bertz CT molecular complexity index is 2350. The fourth-order valence-corrected chi connectivity index (χ4v) is 8.90. The van der Waals surface area contributed by atoms with Crippen LogP contribution >= 0.6 is 0 Å². The molecule has 0 amide bonds. The van der Waals surface area contributed by atoms with Crippen molar-refractivity contribution in [2.24, 2.45) is 23.7 Å². The maximum Gasteiger partial charge on any atom is 0.330 e. The van der Waals surface area contributed by atoms with Crippen LogP contribution in [0.4, 0.5) is 0 Å². The molecule has 11 heteroatoms. The van der Waals surface area contributed by atoms with E-state index in [4.69, 9.17) is 38.1 Å². The third-order valence-electron chi connectivity index (χ3n) is 13.0. The van der Waals surface area contributed by atoms with Crippen LogP contribution < -0.4 is 28.4 Å². The number of hydrogen-bond donors (Lipinski definition) is 0. The molecule has 5 aromatic rings.